The molecule has 1 aliphatic rings. The molecule has 4 rings (SSSR count). The molecular weight excluding hydrogens is 438 g/mol. The Kier molecular flexibility index (Phi) is 6.67. The fourth-order valence-electron chi connectivity index (χ4n) is 3.78. The highest BCUT2D eigenvalue weighted by molar-refractivity contribution is 6.06. The van der Waals surface area contributed by atoms with Crippen molar-refractivity contribution in [2.24, 2.45) is 11.7 Å². The standard InChI is InChI=1S/C24H23N5O5/c25-23(30)16-5-4-12-28(15-16)22-11-8-17(14-26-22)27-24(31)20-13-18(29(32)33)9-10-21(20)34-19-6-2-1-3-7-19/h1-3,6-11,13-14,16H,4-5,12,15H2,(H2,25,30)(H,27,31). The van der Waals surface area contributed by atoms with Crippen LogP contribution in [0.25, 0.3) is 0 Å². The zero-order valence-corrected chi connectivity index (χ0v) is 18.2. The predicted octanol–water partition coefficient (Wildman–Crippen LogP) is 3.74. The maximum Gasteiger partial charge on any atom is 0.270 e. The first kappa shape index (κ1) is 22.7. The van der Waals surface area contributed by atoms with Crippen molar-refractivity contribution >= 4 is 29.0 Å². The van der Waals surface area contributed by atoms with Gasteiger partial charge in [-0.1, -0.05) is 18.2 Å². The van der Waals surface area contributed by atoms with Crippen LogP contribution in [-0.2, 0) is 4.79 Å². The van der Waals surface area contributed by atoms with Crippen LogP contribution >= 0.6 is 0 Å². The average molecular weight is 461 g/mol. The number of nitrogens with zero attached hydrogens (tertiary/aromatic N) is 3. The van der Waals surface area contributed by atoms with Crippen LogP contribution in [-0.4, -0.2) is 34.8 Å². The molecule has 1 fully saturated rings. The van der Waals surface area contributed by atoms with Gasteiger partial charge in [0.1, 0.15) is 17.3 Å². The molecule has 10 nitrogen and oxygen atoms in total. The Hall–Kier alpha value is -4.47. The number of carbonyl (C=O) groups excluding carboxylic acids is 2. The summed E-state index contributed by atoms with van der Waals surface area (Å²) in [5.41, 5.74) is 5.64. The molecule has 1 unspecified atom stereocenters. The summed E-state index contributed by atoms with van der Waals surface area (Å²) in [6, 6.07) is 16.1. The molecule has 0 spiro atoms. The van der Waals surface area contributed by atoms with Crippen LogP contribution in [0.3, 0.4) is 0 Å². The molecule has 2 aromatic carbocycles. The van der Waals surface area contributed by atoms with Gasteiger partial charge in [0, 0.05) is 25.2 Å². The number of nitrogens with two attached hydrogens (primary N) is 1. The number of pyridine rings is 1. The van der Waals surface area contributed by atoms with Crippen LogP contribution in [0, 0.1) is 16.0 Å². The fourth-order valence-corrected chi connectivity index (χ4v) is 3.78. The third-order valence-electron chi connectivity index (χ3n) is 5.54. The summed E-state index contributed by atoms with van der Waals surface area (Å²) < 4.78 is 5.79. The van der Waals surface area contributed by atoms with E-state index in [1.165, 1.54) is 24.4 Å². The van der Waals surface area contributed by atoms with E-state index in [9.17, 15) is 19.7 Å². The third kappa shape index (κ3) is 5.29. The third-order valence-corrected chi connectivity index (χ3v) is 5.54. The Morgan fingerprint density at radius 2 is 1.94 bits per heavy atom. The Balaban J connectivity index is 1.52. The number of piperidine rings is 1. The highest BCUT2D eigenvalue weighted by Gasteiger charge is 2.25. The molecule has 2 amide bonds. The number of carbonyl (C=O) groups is 2. The van der Waals surface area contributed by atoms with Gasteiger partial charge in [0.25, 0.3) is 11.6 Å². The van der Waals surface area contributed by atoms with E-state index >= 15 is 0 Å². The van der Waals surface area contributed by atoms with Crippen LogP contribution in [0.1, 0.15) is 23.2 Å². The van der Waals surface area contributed by atoms with Gasteiger partial charge in [-0.05, 0) is 43.2 Å². The summed E-state index contributed by atoms with van der Waals surface area (Å²) in [6.07, 6.45) is 3.09. The minimum atomic E-state index is -0.573. The van der Waals surface area contributed by atoms with Crippen molar-refractivity contribution in [2.75, 3.05) is 23.3 Å². The first-order valence-corrected chi connectivity index (χ1v) is 10.7. The van der Waals surface area contributed by atoms with Crippen LogP contribution in [0.5, 0.6) is 11.5 Å². The molecule has 1 aromatic heterocycles. The normalized spacial score (nSPS) is 15.4. The summed E-state index contributed by atoms with van der Waals surface area (Å²) in [6.45, 7) is 1.26. The number of non-ortho nitro benzene ring substituents is 1. The number of hydrogen-bond donors (Lipinski definition) is 2. The van der Waals surface area contributed by atoms with Gasteiger partial charge in [-0.15, -0.1) is 0 Å². The Bertz CT molecular complexity index is 1200. The zero-order valence-electron chi connectivity index (χ0n) is 18.2. The van der Waals surface area contributed by atoms with E-state index in [4.69, 9.17) is 10.5 Å². The second-order valence-electron chi connectivity index (χ2n) is 7.90. The first-order valence-electron chi connectivity index (χ1n) is 10.7. The Labute approximate surface area is 195 Å². The number of aromatic nitrogens is 1. The number of hydrogen-bond acceptors (Lipinski definition) is 7. The average Bonchev–Trinajstić information content (AvgIpc) is 2.85. The van der Waals surface area contributed by atoms with E-state index in [2.05, 4.69) is 10.3 Å². The minimum absolute atomic E-state index is 0.0162. The van der Waals surface area contributed by atoms with Crippen LogP contribution in [0.4, 0.5) is 17.2 Å². The highest BCUT2D eigenvalue weighted by atomic mass is 16.6. The molecule has 0 bridgehead atoms. The van der Waals surface area contributed by atoms with Gasteiger partial charge in [-0.2, -0.15) is 0 Å². The number of para-hydroxylation sites is 1. The van der Waals surface area contributed by atoms with Gasteiger partial charge in [-0.3, -0.25) is 19.7 Å². The van der Waals surface area contributed by atoms with E-state index in [1.54, 1.807) is 36.4 Å². The zero-order chi connectivity index (χ0) is 24.1. The number of nitro groups is 1. The molecule has 0 saturated carbocycles. The number of amides is 2. The largest absolute Gasteiger partial charge is 0.457 e. The summed E-state index contributed by atoms with van der Waals surface area (Å²) in [5, 5.41) is 14.0. The van der Waals surface area contributed by atoms with Crippen LogP contribution in [0.15, 0.2) is 66.9 Å². The van der Waals surface area contributed by atoms with E-state index in [0.717, 1.165) is 19.4 Å². The minimum Gasteiger partial charge on any atom is -0.457 e. The molecule has 34 heavy (non-hydrogen) atoms. The number of anilines is 2. The summed E-state index contributed by atoms with van der Waals surface area (Å²) in [7, 11) is 0. The number of ether oxygens (including phenoxy) is 1. The SMILES string of the molecule is NC(=O)C1CCCN(c2ccc(NC(=O)c3cc([N+](=O)[O-])ccc3Oc3ccccc3)cn2)C1. The van der Waals surface area contributed by atoms with Gasteiger partial charge in [0.15, 0.2) is 0 Å². The van der Waals surface area contributed by atoms with Gasteiger partial charge in [-0.25, -0.2) is 4.98 Å². The summed E-state index contributed by atoms with van der Waals surface area (Å²) in [4.78, 5) is 41.6. The molecule has 174 valence electrons. The van der Waals surface area contributed by atoms with Crippen molar-refractivity contribution in [1.29, 1.82) is 0 Å². The molecule has 0 aliphatic carbocycles. The molecule has 1 atom stereocenters. The van der Waals surface area contributed by atoms with Crippen molar-refractivity contribution < 1.29 is 19.2 Å². The number of nitrogens with one attached hydrogen (secondary N) is 1. The van der Waals surface area contributed by atoms with Gasteiger partial charge in [0.2, 0.25) is 5.91 Å². The molecule has 0 radical (unpaired) electrons. The lowest BCUT2D eigenvalue weighted by Crippen LogP contribution is -2.41. The van der Waals surface area contributed by atoms with Crippen LogP contribution in [0.2, 0.25) is 0 Å². The maximum absolute atomic E-state index is 13.0. The van der Waals surface area contributed by atoms with Gasteiger partial charge < -0.3 is 20.7 Å². The van der Waals surface area contributed by atoms with Crippen LogP contribution < -0.4 is 20.7 Å². The topological polar surface area (TPSA) is 141 Å². The summed E-state index contributed by atoms with van der Waals surface area (Å²) in [5.74, 6) is 0.242. The lowest BCUT2D eigenvalue weighted by Gasteiger charge is -2.32. The van der Waals surface area contributed by atoms with Gasteiger partial charge >= 0.3 is 0 Å². The van der Waals surface area contributed by atoms with E-state index in [0.29, 0.717) is 23.8 Å². The molecule has 2 heterocycles. The lowest BCUT2D eigenvalue weighted by atomic mass is 9.97. The van der Waals surface area contributed by atoms with E-state index in [-0.39, 0.29) is 28.8 Å². The fraction of sp³-hybridized carbons (Fsp3) is 0.208. The van der Waals surface area contributed by atoms with Crippen molar-refractivity contribution in [3.8, 4) is 11.5 Å². The molecule has 1 saturated heterocycles. The van der Waals surface area contributed by atoms with Gasteiger partial charge in [0.05, 0.1) is 28.3 Å². The second kappa shape index (κ2) is 9.99. The number of primary amides is 1. The maximum atomic E-state index is 13.0. The Morgan fingerprint density at radius 3 is 2.62 bits per heavy atom. The molecular formula is C24H23N5O5. The molecule has 3 aromatic rings. The quantitative estimate of drug-likeness (QED) is 0.403. The lowest BCUT2D eigenvalue weighted by molar-refractivity contribution is -0.384. The van der Waals surface area contributed by atoms with Crippen molar-refractivity contribution in [2.45, 2.75) is 12.8 Å². The smallest absolute Gasteiger partial charge is 0.270 e. The number of nitro benzene ring substituents is 1. The monoisotopic (exact) mass is 461 g/mol. The predicted molar refractivity (Wildman–Crippen MR) is 126 cm³/mol. The van der Waals surface area contributed by atoms with Crippen molar-refractivity contribution in [3.05, 3.63) is 82.5 Å². The number of rotatable bonds is 7. The first-order chi connectivity index (χ1) is 16.4. The van der Waals surface area contributed by atoms with Crippen molar-refractivity contribution in [1.82, 2.24) is 4.98 Å². The van der Waals surface area contributed by atoms with E-state index < -0.39 is 10.8 Å². The molecule has 3 N–H and O–H groups in total. The highest BCUT2D eigenvalue weighted by Crippen LogP contribution is 2.30. The second-order valence-corrected chi connectivity index (χ2v) is 7.90. The Morgan fingerprint density at radius 1 is 1.15 bits per heavy atom. The van der Waals surface area contributed by atoms with E-state index in [1.807, 2.05) is 11.0 Å². The molecule has 10 heteroatoms. The molecule has 1 aliphatic heterocycles. The number of benzene rings is 2. The van der Waals surface area contributed by atoms with Crippen molar-refractivity contribution in [3.63, 3.8) is 0 Å². The summed E-state index contributed by atoms with van der Waals surface area (Å²) >= 11 is 0.